The number of rotatable bonds is 5. The number of nitrogens with one attached hydrogen (secondary N) is 1. The maximum atomic E-state index is 11.7. The number of carbonyl (C=O) groups excluding carboxylic acids is 1. The molecule has 1 aliphatic heterocycles. The predicted molar refractivity (Wildman–Crippen MR) is 77.5 cm³/mol. The van der Waals surface area contributed by atoms with Gasteiger partial charge in [0.05, 0.1) is 13.0 Å². The van der Waals surface area contributed by atoms with Crippen molar-refractivity contribution in [3.05, 3.63) is 29.3 Å². The molecule has 0 fully saturated rings. The first-order valence-corrected chi connectivity index (χ1v) is 7.27. The molecule has 3 nitrogen and oxygen atoms in total. The van der Waals surface area contributed by atoms with E-state index in [4.69, 9.17) is 4.74 Å². The van der Waals surface area contributed by atoms with Crippen LogP contribution in [-0.2, 0) is 16.0 Å². The van der Waals surface area contributed by atoms with Gasteiger partial charge in [-0.3, -0.25) is 4.79 Å². The second-order valence-electron chi connectivity index (χ2n) is 5.09. The highest BCUT2D eigenvalue weighted by Crippen LogP contribution is 2.35. The summed E-state index contributed by atoms with van der Waals surface area (Å²) in [5.74, 6) is 0.216. The van der Waals surface area contributed by atoms with Gasteiger partial charge in [-0.25, -0.2) is 0 Å². The van der Waals surface area contributed by atoms with Crippen LogP contribution in [0.3, 0.4) is 0 Å². The molecule has 1 aromatic rings. The first kappa shape index (κ1) is 13.9. The van der Waals surface area contributed by atoms with E-state index in [0.717, 1.165) is 25.8 Å². The highest BCUT2D eigenvalue weighted by atomic mass is 16.5. The fraction of sp³-hybridized carbons (Fsp3) is 0.562. The van der Waals surface area contributed by atoms with E-state index in [1.54, 1.807) is 0 Å². The van der Waals surface area contributed by atoms with Gasteiger partial charge in [0.2, 0.25) is 0 Å². The number of esters is 1. The zero-order valence-electron chi connectivity index (χ0n) is 11.9. The van der Waals surface area contributed by atoms with E-state index < -0.39 is 0 Å². The molecule has 0 aromatic heterocycles. The summed E-state index contributed by atoms with van der Waals surface area (Å²) in [5, 5.41) is 3.42. The summed E-state index contributed by atoms with van der Waals surface area (Å²) in [6, 6.07) is 6.59. The van der Waals surface area contributed by atoms with E-state index in [9.17, 15) is 4.79 Å². The maximum absolute atomic E-state index is 11.7. The third-order valence-corrected chi connectivity index (χ3v) is 3.62. The minimum Gasteiger partial charge on any atom is -0.466 e. The number of aryl methyl sites for hydroxylation is 1. The number of ether oxygens (including phenoxy) is 1. The molecule has 1 unspecified atom stereocenters. The summed E-state index contributed by atoms with van der Waals surface area (Å²) >= 11 is 0. The number of fused-ring (bicyclic) bond motifs is 1. The molecule has 0 aliphatic carbocycles. The molecule has 1 atom stereocenters. The van der Waals surface area contributed by atoms with Crippen molar-refractivity contribution in [1.82, 2.24) is 0 Å². The second kappa shape index (κ2) is 6.60. The summed E-state index contributed by atoms with van der Waals surface area (Å²) in [6.45, 7) is 5.44. The van der Waals surface area contributed by atoms with Gasteiger partial charge in [0, 0.05) is 12.2 Å². The minimum absolute atomic E-state index is 0.0822. The monoisotopic (exact) mass is 261 g/mol. The molecular weight excluding hydrogens is 238 g/mol. The van der Waals surface area contributed by atoms with E-state index in [1.807, 2.05) is 6.92 Å². The number of hydrogen-bond donors (Lipinski definition) is 1. The van der Waals surface area contributed by atoms with Gasteiger partial charge >= 0.3 is 5.97 Å². The van der Waals surface area contributed by atoms with E-state index in [2.05, 4.69) is 30.4 Å². The van der Waals surface area contributed by atoms with Crippen LogP contribution >= 0.6 is 0 Å². The molecule has 1 aromatic carbocycles. The molecule has 1 N–H and O–H groups in total. The van der Waals surface area contributed by atoms with Crippen LogP contribution in [0.5, 0.6) is 0 Å². The van der Waals surface area contributed by atoms with Crippen molar-refractivity contribution in [2.45, 2.75) is 45.4 Å². The van der Waals surface area contributed by atoms with Crippen LogP contribution in [0.15, 0.2) is 18.2 Å². The molecule has 0 bridgehead atoms. The van der Waals surface area contributed by atoms with Gasteiger partial charge in [-0.05, 0) is 42.9 Å². The Kier molecular flexibility index (Phi) is 4.83. The van der Waals surface area contributed by atoms with Gasteiger partial charge in [0.15, 0.2) is 0 Å². The van der Waals surface area contributed by atoms with Crippen molar-refractivity contribution in [1.29, 1.82) is 0 Å². The Morgan fingerprint density at radius 3 is 3.00 bits per heavy atom. The normalized spacial score (nSPS) is 17.5. The highest BCUT2D eigenvalue weighted by Gasteiger charge is 2.23. The van der Waals surface area contributed by atoms with Crippen LogP contribution in [0.2, 0.25) is 0 Å². The number of benzene rings is 1. The first-order valence-electron chi connectivity index (χ1n) is 7.27. The summed E-state index contributed by atoms with van der Waals surface area (Å²) in [7, 11) is 0. The fourth-order valence-electron chi connectivity index (χ4n) is 2.72. The third-order valence-electron chi connectivity index (χ3n) is 3.62. The molecule has 1 heterocycles. The number of anilines is 1. The van der Waals surface area contributed by atoms with Crippen LogP contribution in [0.1, 0.15) is 50.2 Å². The molecule has 1 aliphatic rings. The van der Waals surface area contributed by atoms with Crippen molar-refractivity contribution in [2.75, 3.05) is 18.5 Å². The lowest BCUT2D eigenvalue weighted by atomic mass is 9.87. The highest BCUT2D eigenvalue weighted by molar-refractivity contribution is 5.71. The maximum Gasteiger partial charge on any atom is 0.306 e. The van der Waals surface area contributed by atoms with Crippen LogP contribution in [0, 0.1) is 0 Å². The van der Waals surface area contributed by atoms with Crippen LogP contribution in [-0.4, -0.2) is 19.1 Å². The molecule has 0 spiro atoms. The van der Waals surface area contributed by atoms with Gasteiger partial charge in [-0.2, -0.15) is 0 Å². The van der Waals surface area contributed by atoms with Crippen LogP contribution < -0.4 is 5.32 Å². The fourth-order valence-corrected chi connectivity index (χ4v) is 2.72. The van der Waals surface area contributed by atoms with Gasteiger partial charge in [0.25, 0.3) is 0 Å². The first-order chi connectivity index (χ1) is 9.24. The predicted octanol–water partition coefficient (Wildman–Crippen LogP) is 3.49. The topological polar surface area (TPSA) is 38.3 Å². The molecule has 0 saturated heterocycles. The Morgan fingerprint density at radius 1 is 1.42 bits per heavy atom. The van der Waals surface area contributed by atoms with Crippen LogP contribution in [0.4, 0.5) is 5.69 Å². The Morgan fingerprint density at radius 2 is 2.26 bits per heavy atom. The minimum atomic E-state index is -0.0822. The lowest BCUT2D eigenvalue weighted by Gasteiger charge is -2.26. The molecule has 104 valence electrons. The van der Waals surface area contributed by atoms with Crippen LogP contribution in [0.25, 0.3) is 0 Å². The molecule has 0 saturated carbocycles. The Labute approximate surface area is 115 Å². The van der Waals surface area contributed by atoms with Gasteiger partial charge in [-0.1, -0.05) is 25.5 Å². The lowest BCUT2D eigenvalue weighted by Crippen LogP contribution is -2.20. The van der Waals surface area contributed by atoms with E-state index >= 15 is 0 Å². The zero-order valence-corrected chi connectivity index (χ0v) is 11.9. The number of carbonyl (C=O) groups is 1. The molecule has 2 rings (SSSR count). The van der Waals surface area contributed by atoms with E-state index in [0.29, 0.717) is 18.9 Å². The zero-order chi connectivity index (χ0) is 13.7. The third kappa shape index (κ3) is 3.49. The van der Waals surface area contributed by atoms with Crippen molar-refractivity contribution >= 4 is 11.7 Å². The quantitative estimate of drug-likeness (QED) is 0.824. The van der Waals surface area contributed by atoms with E-state index in [-0.39, 0.29) is 5.97 Å². The SMILES string of the molecule is CCCc1ccc2c(c1)C(CC(=O)OCC)CCN2. The van der Waals surface area contributed by atoms with Crippen molar-refractivity contribution in [2.24, 2.45) is 0 Å². The van der Waals surface area contributed by atoms with Gasteiger partial charge in [0.1, 0.15) is 0 Å². The summed E-state index contributed by atoms with van der Waals surface area (Å²) < 4.78 is 5.08. The van der Waals surface area contributed by atoms with Crippen molar-refractivity contribution in [3.8, 4) is 0 Å². The van der Waals surface area contributed by atoms with E-state index in [1.165, 1.54) is 16.8 Å². The molecule has 0 radical (unpaired) electrons. The second-order valence-corrected chi connectivity index (χ2v) is 5.09. The molecular formula is C16H23NO2. The summed E-state index contributed by atoms with van der Waals surface area (Å²) in [6.07, 6.45) is 3.74. The molecule has 3 heteroatoms. The Balaban J connectivity index is 2.16. The van der Waals surface area contributed by atoms with Crippen molar-refractivity contribution in [3.63, 3.8) is 0 Å². The average Bonchev–Trinajstić information content (AvgIpc) is 2.40. The summed E-state index contributed by atoms with van der Waals surface area (Å²) in [5.41, 5.74) is 3.82. The number of hydrogen-bond acceptors (Lipinski definition) is 3. The average molecular weight is 261 g/mol. The lowest BCUT2D eigenvalue weighted by molar-refractivity contribution is -0.143. The molecule has 0 amide bonds. The Bertz CT molecular complexity index is 442. The Hall–Kier alpha value is -1.51. The van der Waals surface area contributed by atoms with Crippen molar-refractivity contribution < 1.29 is 9.53 Å². The van der Waals surface area contributed by atoms with Gasteiger partial charge < -0.3 is 10.1 Å². The standard InChI is InChI=1S/C16H23NO2/c1-3-5-12-6-7-15-14(10-12)13(8-9-17-15)11-16(18)19-4-2/h6-7,10,13,17H,3-5,8-9,11H2,1-2H3. The largest absolute Gasteiger partial charge is 0.466 e. The summed E-state index contributed by atoms with van der Waals surface area (Å²) in [4.78, 5) is 11.7. The smallest absolute Gasteiger partial charge is 0.306 e. The van der Waals surface area contributed by atoms with Gasteiger partial charge in [-0.15, -0.1) is 0 Å². The molecule has 19 heavy (non-hydrogen) atoms.